The van der Waals surface area contributed by atoms with E-state index < -0.39 is 6.55 Å². The van der Waals surface area contributed by atoms with Gasteiger partial charge in [0.1, 0.15) is 0 Å². The highest BCUT2D eigenvalue weighted by Crippen LogP contribution is 2.46. The highest BCUT2D eigenvalue weighted by atomic mass is 16.7. The van der Waals surface area contributed by atoms with Gasteiger partial charge in [0.2, 0.25) is 0 Å². The number of carbonyl (C=O) groups is 2. The number of benzene rings is 1. The van der Waals surface area contributed by atoms with Gasteiger partial charge in [0.25, 0.3) is 0 Å². The SMILES string of the molecule is Cc1ccc([B-]23OC(=O)[C@@H](C)[C+]2[C@@H](C)C(=O)O3)cc1. The molecule has 1 aromatic carbocycles. The van der Waals surface area contributed by atoms with Crippen LogP contribution in [0, 0.1) is 24.6 Å². The Hall–Kier alpha value is -1.91. The normalized spacial score (nSPS) is 33.1. The molecule has 1 aromatic rings. The van der Waals surface area contributed by atoms with Crippen LogP contribution in [0.5, 0.6) is 0 Å². The second-order valence-electron chi connectivity index (χ2n) is 5.44. The average molecular weight is 258 g/mol. The molecule has 0 aliphatic carbocycles. The molecule has 2 aliphatic heterocycles. The molecule has 19 heavy (non-hydrogen) atoms. The van der Waals surface area contributed by atoms with Crippen molar-refractivity contribution < 1.29 is 18.9 Å². The van der Waals surface area contributed by atoms with Gasteiger partial charge in [-0.15, -0.1) is 0 Å². The monoisotopic (exact) mass is 258 g/mol. The van der Waals surface area contributed by atoms with Crippen molar-refractivity contribution in [3.8, 4) is 0 Å². The van der Waals surface area contributed by atoms with Crippen molar-refractivity contribution >= 4 is 24.0 Å². The summed E-state index contributed by atoms with van der Waals surface area (Å²) in [6.45, 7) is 3.44. The zero-order valence-corrected chi connectivity index (χ0v) is 11.2. The molecule has 1 unspecified atom stereocenters. The van der Waals surface area contributed by atoms with Gasteiger partial charge in [-0.1, -0.05) is 35.3 Å². The van der Waals surface area contributed by atoms with Crippen molar-refractivity contribution in [2.24, 2.45) is 11.8 Å². The van der Waals surface area contributed by atoms with Crippen LogP contribution >= 0.6 is 0 Å². The topological polar surface area (TPSA) is 52.6 Å². The van der Waals surface area contributed by atoms with Gasteiger partial charge in [-0.3, -0.25) is 9.59 Å². The highest BCUT2D eigenvalue weighted by molar-refractivity contribution is 6.91. The minimum absolute atomic E-state index is 0.310. The van der Waals surface area contributed by atoms with Crippen LogP contribution in [0.25, 0.3) is 0 Å². The molecule has 0 saturated carbocycles. The van der Waals surface area contributed by atoms with Gasteiger partial charge < -0.3 is 9.31 Å². The molecule has 0 aromatic heterocycles. The van der Waals surface area contributed by atoms with E-state index in [-0.39, 0.29) is 23.8 Å². The van der Waals surface area contributed by atoms with E-state index in [2.05, 4.69) is 0 Å². The van der Waals surface area contributed by atoms with Gasteiger partial charge in [-0.2, -0.15) is 0 Å². The van der Waals surface area contributed by atoms with Crippen LogP contribution in [0.2, 0.25) is 0 Å². The lowest BCUT2D eigenvalue weighted by atomic mass is 9.41. The quantitative estimate of drug-likeness (QED) is 0.560. The lowest BCUT2D eigenvalue weighted by molar-refractivity contribution is -0.142. The first-order valence-electron chi connectivity index (χ1n) is 6.50. The molecule has 2 fully saturated rings. The molecule has 3 atom stereocenters. The number of hydrogen-bond donors (Lipinski definition) is 0. The molecular formula is C14H15BO4. The maximum absolute atomic E-state index is 11.9. The second-order valence-corrected chi connectivity index (χ2v) is 5.44. The van der Waals surface area contributed by atoms with Gasteiger partial charge in [-0.05, 0) is 20.8 Å². The molecule has 2 saturated heterocycles. The van der Waals surface area contributed by atoms with E-state index in [1.54, 1.807) is 13.8 Å². The summed E-state index contributed by atoms with van der Waals surface area (Å²) in [7, 11) is 0. The highest BCUT2D eigenvalue weighted by Gasteiger charge is 2.72. The number of rotatable bonds is 1. The Morgan fingerprint density at radius 1 is 1.00 bits per heavy atom. The van der Waals surface area contributed by atoms with Gasteiger partial charge in [0.05, 0.1) is 0 Å². The number of hydrogen-bond acceptors (Lipinski definition) is 4. The van der Waals surface area contributed by atoms with Gasteiger partial charge in [-0.25, -0.2) is 0 Å². The van der Waals surface area contributed by atoms with Gasteiger partial charge in [0.15, 0.2) is 11.8 Å². The van der Waals surface area contributed by atoms with Crippen LogP contribution in [0.15, 0.2) is 24.3 Å². The summed E-state index contributed by atoms with van der Waals surface area (Å²) in [6.07, 6.45) is 0. The number of fused-ring (bicyclic) bond motifs is 1. The first-order chi connectivity index (χ1) is 8.95. The minimum atomic E-state index is -2.08. The van der Waals surface area contributed by atoms with Gasteiger partial charge in [0, 0.05) is 5.82 Å². The van der Waals surface area contributed by atoms with Crippen LogP contribution in [0.3, 0.4) is 0 Å². The lowest BCUT2D eigenvalue weighted by Gasteiger charge is -2.25. The predicted octanol–water partition coefficient (Wildman–Crippen LogP) is 1.14. The summed E-state index contributed by atoms with van der Waals surface area (Å²) in [6, 6.07) is 7.59. The largest absolute Gasteiger partial charge is 0.609 e. The predicted molar refractivity (Wildman–Crippen MR) is 70.3 cm³/mol. The van der Waals surface area contributed by atoms with Crippen LogP contribution < -0.4 is 5.46 Å². The van der Waals surface area contributed by atoms with Gasteiger partial charge >= 0.3 is 18.5 Å². The van der Waals surface area contributed by atoms with E-state index in [1.165, 1.54) is 0 Å². The summed E-state index contributed by atoms with van der Waals surface area (Å²) in [5.41, 5.74) is 1.86. The van der Waals surface area contributed by atoms with Crippen molar-refractivity contribution in [2.45, 2.75) is 20.8 Å². The third-order valence-electron chi connectivity index (χ3n) is 4.23. The third-order valence-corrected chi connectivity index (χ3v) is 4.23. The molecule has 98 valence electrons. The van der Waals surface area contributed by atoms with Crippen molar-refractivity contribution in [1.82, 2.24) is 0 Å². The van der Waals surface area contributed by atoms with E-state index in [0.717, 1.165) is 16.8 Å². The summed E-state index contributed by atoms with van der Waals surface area (Å²) >= 11 is 0. The van der Waals surface area contributed by atoms with Crippen molar-refractivity contribution in [1.29, 1.82) is 0 Å². The van der Waals surface area contributed by atoms with E-state index in [4.69, 9.17) is 9.31 Å². The molecule has 4 nitrogen and oxygen atoms in total. The molecular weight excluding hydrogens is 243 g/mol. The Morgan fingerprint density at radius 3 is 1.95 bits per heavy atom. The fourth-order valence-electron chi connectivity index (χ4n) is 3.15. The fraction of sp³-hybridized carbons (Fsp3) is 0.357. The molecule has 0 N–H and O–H groups in total. The number of aryl methyl sites for hydroxylation is 1. The van der Waals surface area contributed by atoms with E-state index >= 15 is 0 Å². The Balaban J connectivity index is 2.12. The Morgan fingerprint density at radius 2 is 1.47 bits per heavy atom. The summed E-state index contributed by atoms with van der Waals surface area (Å²) in [5, 5.41) is 0. The molecule has 3 rings (SSSR count). The summed E-state index contributed by atoms with van der Waals surface area (Å²) in [5.74, 6) is -0.616. The van der Waals surface area contributed by atoms with Crippen LogP contribution in [-0.4, -0.2) is 18.5 Å². The van der Waals surface area contributed by atoms with Crippen molar-refractivity contribution in [2.75, 3.05) is 0 Å². The standard InChI is InChI=1S/C14H15BO4/c1-8-4-6-11(7-5-8)15-12(9(2)13(16)18-15)10(3)14(17)19-15/h4-7,9-10H,1-3H3/t9-,10+,15?. The molecule has 2 heterocycles. The fourth-order valence-corrected chi connectivity index (χ4v) is 3.15. The average Bonchev–Trinajstić information content (AvgIpc) is 2.76. The molecule has 0 radical (unpaired) electrons. The van der Waals surface area contributed by atoms with E-state index in [0.29, 0.717) is 0 Å². The van der Waals surface area contributed by atoms with Crippen molar-refractivity contribution in [3.63, 3.8) is 0 Å². The molecule has 0 amide bonds. The van der Waals surface area contributed by atoms with Crippen LogP contribution in [0.4, 0.5) is 0 Å². The Labute approximate surface area is 112 Å². The zero-order chi connectivity index (χ0) is 13.8. The smallest absolute Gasteiger partial charge is 0.589 e. The minimum Gasteiger partial charge on any atom is -0.609 e. The molecule has 2 aliphatic rings. The number of carbonyl (C=O) groups excluding carboxylic acids is 2. The summed E-state index contributed by atoms with van der Waals surface area (Å²) < 4.78 is 11.0. The maximum Gasteiger partial charge on any atom is 0.589 e. The molecule has 5 heteroatoms. The Bertz CT molecular complexity index is 527. The van der Waals surface area contributed by atoms with E-state index in [1.807, 2.05) is 31.2 Å². The van der Waals surface area contributed by atoms with Crippen LogP contribution in [0.1, 0.15) is 19.4 Å². The third kappa shape index (κ3) is 1.50. The summed E-state index contributed by atoms with van der Waals surface area (Å²) in [4.78, 5) is 23.7. The first-order valence-corrected chi connectivity index (χ1v) is 6.50. The van der Waals surface area contributed by atoms with Crippen LogP contribution in [-0.2, 0) is 18.9 Å². The lowest BCUT2D eigenvalue weighted by Crippen LogP contribution is -2.53. The maximum atomic E-state index is 11.9. The molecule has 0 spiro atoms. The second kappa shape index (κ2) is 3.79. The Kier molecular flexibility index (Phi) is 2.42. The van der Waals surface area contributed by atoms with Crippen molar-refractivity contribution in [3.05, 3.63) is 35.6 Å². The van der Waals surface area contributed by atoms with E-state index in [9.17, 15) is 9.59 Å². The zero-order valence-electron chi connectivity index (χ0n) is 11.2. The molecule has 0 bridgehead atoms. The first kappa shape index (κ1) is 12.1.